The predicted octanol–water partition coefficient (Wildman–Crippen LogP) is 3.00. The number of aliphatic hydroxyl groups is 1. The number of nitrogens with zero attached hydrogens (tertiary/aromatic N) is 2. The molecule has 1 unspecified atom stereocenters. The van der Waals surface area contributed by atoms with Gasteiger partial charge in [0.2, 0.25) is 0 Å². The van der Waals surface area contributed by atoms with E-state index in [4.69, 9.17) is 11.6 Å². The molecule has 1 aromatic rings. The highest BCUT2D eigenvalue weighted by molar-refractivity contribution is 6.29. The largest absolute Gasteiger partial charge is 0.388 e. The third-order valence-electron chi connectivity index (χ3n) is 2.78. The second-order valence-electron chi connectivity index (χ2n) is 5.85. The van der Waals surface area contributed by atoms with Crippen molar-refractivity contribution in [2.75, 3.05) is 11.9 Å². The van der Waals surface area contributed by atoms with Gasteiger partial charge in [-0.05, 0) is 13.3 Å². The molecular weight excluding hydrogens is 250 g/mol. The molecule has 1 rings (SSSR count). The summed E-state index contributed by atoms with van der Waals surface area (Å²) in [5.74, 6) is 1.34. The summed E-state index contributed by atoms with van der Waals surface area (Å²) in [6.07, 6.45) is 0.672. The highest BCUT2D eigenvalue weighted by Crippen LogP contribution is 2.22. The van der Waals surface area contributed by atoms with Crippen molar-refractivity contribution in [3.8, 4) is 0 Å². The Kier molecular flexibility index (Phi) is 4.56. The maximum Gasteiger partial charge on any atom is 0.137 e. The third-order valence-corrected chi connectivity index (χ3v) is 2.97. The van der Waals surface area contributed by atoms with Gasteiger partial charge in [0.15, 0.2) is 0 Å². The van der Waals surface area contributed by atoms with Gasteiger partial charge in [-0.3, -0.25) is 0 Å². The number of hydrogen-bond donors (Lipinski definition) is 2. The van der Waals surface area contributed by atoms with Crippen LogP contribution in [0, 0.1) is 0 Å². The molecule has 0 fully saturated rings. The molecule has 0 aliphatic rings. The lowest BCUT2D eigenvalue weighted by Gasteiger charge is -2.23. The van der Waals surface area contributed by atoms with Crippen LogP contribution in [0.1, 0.15) is 46.9 Å². The van der Waals surface area contributed by atoms with Crippen LogP contribution in [0.15, 0.2) is 6.07 Å². The Labute approximate surface area is 114 Å². The normalized spacial score (nSPS) is 15.3. The molecule has 1 atom stereocenters. The Bertz CT molecular complexity index is 413. The Morgan fingerprint density at radius 3 is 2.39 bits per heavy atom. The SMILES string of the molecule is CCC(C)(O)CNc1cc(Cl)nc(C(C)(C)C)n1. The summed E-state index contributed by atoms with van der Waals surface area (Å²) in [7, 11) is 0. The van der Waals surface area contributed by atoms with Gasteiger partial charge >= 0.3 is 0 Å². The molecule has 0 amide bonds. The van der Waals surface area contributed by atoms with Crippen LogP contribution < -0.4 is 5.32 Å². The summed E-state index contributed by atoms with van der Waals surface area (Å²) in [6, 6.07) is 1.67. The third kappa shape index (κ3) is 4.42. The van der Waals surface area contributed by atoms with Crippen LogP contribution in [0.2, 0.25) is 5.15 Å². The Morgan fingerprint density at radius 1 is 1.28 bits per heavy atom. The fraction of sp³-hybridized carbons (Fsp3) is 0.692. The molecule has 4 nitrogen and oxygen atoms in total. The van der Waals surface area contributed by atoms with E-state index in [0.717, 1.165) is 0 Å². The summed E-state index contributed by atoms with van der Waals surface area (Å²) >= 11 is 5.99. The molecule has 1 heterocycles. The topological polar surface area (TPSA) is 58.0 Å². The van der Waals surface area contributed by atoms with E-state index in [-0.39, 0.29) is 5.41 Å². The van der Waals surface area contributed by atoms with Gasteiger partial charge in [0.25, 0.3) is 0 Å². The summed E-state index contributed by atoms with van der Waals surface area (Å²) < 4.78 is 0. The standard InChI is InChI=1S/C13H22ClN3O/c1-6-13(5,18)8-15-10-7-9(14)16-11(17-10)12(2,3)4/h7,18H,6,8H2,1-5H3,(H,15,16,17). The zero-order valence-corrected chi connectivity index (χ0v) is 12.5. The van der Waals surface area contributed by atoms with Crippen molar-refractivity contribution in [2.24, 2.45) is 0 Å². The van der Waals surface area contributed by atoms with Gasteiger partial charge in [-0.25, -0.2) is 9.97 Å². The molecule has 0 aliphatic carbocycles. The van der Waals surface area contributed by atoms with Crippen LogP contribution in [0.25, 0.3) is 0 Å². The van der Waals surface area contributed by atoms with Gasteiger partial charge in [0.05, 0.1) is 5.60 Å². The molecule has 5 heteroatoms. The zero-order chi connectivity index (χ0) is 14.0. The van der Waals surface area contributed by atoms with Crippen LogP contribution in [0.5, 0.6) is 0 Å². The molecule has 0 saturated carbocycles. The Hall–Kier alpha value is -0.870. The van der Waals surface area contributed by atoms with E-state index in [1.54, 1.807) is 13.0 Å². The molecule has 0 aliphatic heterocycles. The number of halogens is 1. The highest BCUT2D eigenvalue weighted by atomic mass is 35.5. The molecule has 1 aromatic heterocycles. The number of nitrogens with one attached hydrogen (secondary N) is 1. The maximum atomic E-state index is 9.94. The molecule has 0 bridgehead atoms. The highest BCUT2D eigenvalue weighted by Gasteiger charge is 2.20. The average molecular weight is 272 g/mol. The van der Waals surface area contributed by atoms with Crippen molar-refractivity contribution in [1.82, 2.24) is 9.97 Å². The summed E-state index contributed by atoms with van der Waals surface area (Å²) in [5, 5.41) is 13.5. The Balaban J connectivity index is 2.88. The van der Waals surface area contributed by atoms with Gasteiger partial charge in [0, 0.05) is 18.0 Å². The van der Waals surface area contributed by atoms with E-state index in [9.17, 15) is 5.11 Å². The number of anilines is 1. The molecule has 0 spiro atoms. The van der Waals surface area contributed by atoms with Crippen molar-refractivity contribution >= 4 is 17.4 Å². The maximum absolute atomic E-state index is 9.94. The van der Waals surface area contributed by atoms with Crippen molar-refractivity contribution in [1.29, 1.82) is 0 Å². The molecule has 0 radical (unpaired) electrons. The van der Waals surface area contributed by atoms with E-state index in [1.165, 1.54) is 0 Å². The average Bonchev–Trinajstić information content (AvgIpc) is 2.25. The van der Waals surface area contributed by atoms with Gasteiger partial charge in [0.1, 0.15) is 16.8 Å². The molecule has 0 aromatic carbocycles. The van der Waals surface area contributed by atoms with Crippen molar-refractivity contribution in [2.45, 2.75) is 52.1 Å². The lowest BCUT2D eigenvalue weighted by Crippen LogP contribution is -2.33. The van der Waals surface area contributed by atoms with E-state index >= 15 is 0 Å². The van der Waals surface area contributed by atoms with Gasteiger partial charge < -0.3 is 10.4 Å². The van der Waals surface area contributed by atoms with E-state index in [1.807, 2.05) is 27.7 Å². The lowest BCUT2D eigenvalue weighted by atomic mass is 9.96. The minimum absolute atomic E-state index is 0.158. The van der Waals surface area contributed by atoms with Crippen LogP contribution in [0.3, 0.4) is 0 Å². The first-order valence-electron chi connectivity index (χ1n) is 6.15. The predicted molar refractivity (Wildman–Crippen MR) is 75.1 cm³/mol. The summed E-state index contributed by atoms with van der Waals surface area (Å²) in [5.41, 5.74) is -0.909. The summed E-state index contributed by atoms with van der Waals surface area (Å²) in [4.78, 5) is 8.65. The molecule has 102 valence electrons. The first-order chi connectivity index (χ1) is 8.14. The fourth-order valence-electron chi connectivity index (χ4n) is 1.25. The van der Waals surface area contributed by atoms with Crippen molar-refractivity contribution in [3.05, 3.63) is 17.0 Å². The first kappa shape index (κ1) is 15.2. The van der Waals surface area contributed by atoms with E-state index in [2.05, 4.69) is 15.3 Å². The van der Waals surface area contributed by atoms with Gasteiger partial charge in [-0.1, -0.05) is 39.3 Å². The van der Waals surface area contributed by atoms with Gasteiger partial charge in [-0.15, -0.1) is 0 Å². The second-order valence-corrected chi connectivity index (χ2v) is 6.24. The van der Waals surface area contributed by atoms with Crippen LogP contribution in [-0.2, 0) is 5.41 Å². The van der Waals surface area contributed by atoms with Crippen molar-refractivity contribution < 1.29 is 5.11 Å². The van der Waals surface area contributed by atoms with E-state index < -0.39 is 5.60 Å². The second kappa shape index (κ2) is 5.41. The van der Waals surface area contributed by atoms with Crippen LogP contribution in [-0.4, -0.2) is 27.2 Å². The minimum Gasteiger partial charge on any atom is -0.388 e. The van der Waals surface area contributed by atoms with E-state index in [0.29, 0.717) is 29.8 Å². The molecule has 2 N–H and O–H groups in total. The van der Waals surface area contributed by atoms with Crippen LogP contribution in [0.4, 0.5) is 5.82 Å². The molecule has 0 saturated heterocycles. The quantitative estimate of drug-likeness (QED) is 0.827. The number of rotatable bonds is 4. The number of hydrogen-bond acceptors (Lipinski definition) is 4. The van der Waals surface area contributed by atoms with Crippen molar-refractivity contribution in [3.63, 3.8) is 0 Å². The lowest BCUT2D eigenvalue weighted by molar-refractivity contribution is 0.0696. The zero-order valence-electron chi connectivity index (χ0n) is 11.7. The number of aromatic nitrogens is 2. The summed E-state index contributed by atoms with van der Waals surface area (Å²) in [6.45, 7) is 10.3. The molecule has 18 heavy (non-hydrogen) atoms. The monoisotopic (exact) mass is 271 g/mol. The smallest absolute Gasteiger partial charge is 0.137 e. The minimum atomic E-state index is -0.751. The van der Waals surface area contributed by atoms with Gasteiger partial charge in [-0.2, -0.15) is 0 Å². The fourth-order valence-corrected chi connectivity index (χ4v) is 1.43. The van der Waals surface area contributed by atoms with Crippen LogP contribution >= 0.6 is 11.6 Å². The molecular formula is C13H22ClN3O. The first-order valence-corrected chi connectivity index (χ1v) is 6.53. The Morgan fingerprint density at radius 2 is 1.89 bits per heavy atom.